The topological polar surface area (TPSA) is 34.1 Å². The van der Waals surface area contributed by atoms with E-state index in [1.165, 1.54) is 32.1 Å². The van der Waals surface area contributed by atoms with Crippen LogP contribution in [0.2, 0.25) is 0 Å². The maximum Gasteiger partial charge on any atom is 0.144 e. The molecule has 4 bridgehead atoms. The lowest BCUT2D eigenvalue weighted by Crippen LogP contribution is -2.81. The Labute approximate surface area is 124 Å². The average molecular weight is 280 g/mol. The van der Waals surface area contributed by atoms with Gasteiger partial charge in [0.25, 0.3) is 0 Å². The predicted molar refractivity (Wildman–Crippen MR) is 72.9 cm³/mol. The molecule has 0 radical (unpaired) electrons. The molecule has 0 unspecified atom stereocenters. The van der Waals surface area contributed by atoms with Gasteiger partial charge in [0.1, 0.15) is 11.6 Å². The first-order chi connectivity index (χ1) is 10.3. The fraction of sp³-hybridized carbons (Fsp3) is 0.895. The van der Waals surface area contributed by atoms with E-state index in [-0.39, 0.29) is 22.7 Å². The van der Waals surface area contributed by atoms with Crippen LogP contribution in [0.4, 0.5) is 0 Å². The molecule has 0 aromatic heterocycles. The highest BCUT2D eigenvalue weighted by atomic mass is 16.2. The minimum atomic E-state index is -0.0870. The van der Waals surface area contributed by atoms with Gasteiger partial charge >= 0.3 is 0 Å². The van der Waals surface area contributed by atoms with Gasteiger partial charge in [-0.05, 0) is 79.4 Å². The summed E-state index contributed by atoms with van der Waals surface area (Å²) in [6, 6.07) is 0. The van der Waals surface area contributed by atoms with E-state index < -0.39 is 0 Å². The molecular formula is C19H20O2. The summed E-state index contributed by atoms with van der Waals surface area (Å²) in [4.78, 5) is 27.0. The molecule has 108 valence electrons. The summed E-state index contributed by atoms with van der Waals surface area (Å²) in [7, 11) is 0. The maximum absolute atomic E-state index is 13.5. The van der Waals surface area contributed by atoms with E-state index in [9.17, 15) is 9.59 Å². The van der Waals surface area contributed by atoms with Crippen LogP contribution < -0.4 is 0 Å². The third kappa shape index (κ3) is 0.555. The van der Waals surface area contributed by atoms with Gasteiger partial charge in [-0.2, -0.15) is 0 Å². The van der Waals surface area contributed by atoms with Gasteiger partial charge in [-0.25, -0.2) is 0 Å². The fourth-order valence-corrected chi connectivity index (χ4v) is 11.1. The lowest BCUT2D eigenvalue weighted by atomic mass is 9.22. The molecule has 2 spiro atoms. The molecule has 9 saturated carbocycles. The first-order valence-corrected chi connectivity index (χ1v) is 9.34. The van der Waals surface area contributed by atoms with E-state index in [4.69, 9.17) is 0 Å². The molecule has 0 N–H and O–H groups in total. The summed E-state index contributed by atoms with van der Waals surface area (Å²) in [6.45, 7) is 0. The summed E-state index contributed by atoms with van der Waals surface area (Å²) < 4.78 is 0. The number of hydrogen-bond donors (Lipinski definition) is 0. The number of rotatable bonds is 0. The molecule has 12 atom stereocenters. The number of carbonyl (C=O) groups excluding carboxylic acids is 2. The molecular weight excluding hydrogens is 260 g/mol. The van der Waals surface area contributed by atoms with Gasteiger partial charge in [0.05, 0.1) is 0 Å². The number of fused-ring (bicyclic) bond motifs is 2. The quantitative estimate of drug-likeness (QED) is 0.682. The largest absolute Gasteiger partial charge is 0.299 e. The van der Waals surface area contributed by atoms with Crippen molar-refractivity contribution in [3.05, 3.63) is 0 Å². The number of carbonyl (C=O) groups is 2. The molecule has 0 aromatic rings. The molecule has 0 saturated heterocycles. The van der Waals surface area contributed by atoms with Gasteiger partial charge in [0.15, 0.2) is 0 Å². The second-order valence-electron chi connectivity index (χ2n) is 9.83. The summed E-state index contributed by atoms with van der Waals surface area (Å²) in [5, 5.41) is 0. The van der Waals surface area contributed by atoms with E-state index in [0.29, 0.717) is 47.1 Å². The summed E-state index contributed by atoms with van der Waals surface area (Å²) in [6.07, 6.45) is 6.55. The Kier molecular flexibility index (Phi) is 1.15. The van der Waals surface area contributed by atoms with Crippen molar-refractivity contribution >= 4 is 11.6 Å². The standard InChI is InChI=1S/C19H20O2/c20-16-12-8-5-9-13(12)17(21)19-11-4-3-10(6-1-2-7(6)11)18(16,19)14(8)15(9)19/h6-15H,1-5H2/t6-,7+,8-,9+,10-,11+,12-,13+,14+,15-,18-,19+. The van der Waals surface area contributed by atoms with Crippen LogP contribution in [0.25, 0.3) is 0 Å². The van der Waals surface area contributed by atoms with Crippen LogP contribution in [0.5, 0.6) is 0 Å². The molecule has 9 rings (SSSR count). The van der Waals surface area contributed by atoms with E-state index in [1.54, 1.807) is 0 Å². The van der Waals surface area contributed by atoms with Crippen molar-refractivity contribution in [1.29, 1.82) is 0 Å². The van der Waals surface area contributed by atoms with Crippen molar-refractivity contribution in [3.63, 3.8) is 0 Å². The summed E-state index contributed by atoms with van der Waals surface area (Å²) in [5.74, 6) is 7.27. The van der Waals surface area contributed by atoms with Gasteiger partial charge in [0, 0.05) is 22.7 Å². The Morgan fingerprint density at radius 2 is 1.14 bits per heavy atom. The fourth-order valence-electron chi connectivity index (χ4n) is 11.1. The van der Waals surface area contributed by atoms with E-state index in [1.807, 2.05) is 0 Å². The highest BCUT2D eigenvalue weighted by molar-refractivity contribution is 6.12. The zero-order valence-electron chi connectivity index (χ0n) is 12.1. The highest BCUT2D eigenvalue weighted by Crippen LogP contribution is 2.97. The molecule has 2 heteroatoms. The maximum atomic E-state index is 13.5. The Hall–Kier alpha value is -0.660. The van der Waals surface area contributed by atoms with Crippen molar-refractivity contribution in [3.8, 4) is 0 Å². The Morgan fingerprint density at radius 3 is 1.57 bits per heavy atom. The number of ketones is 2. The van der Waals surface area contributed by atoms with E-state index in [0.717, 1.165) is 11.8 Å². The second kappa shape index (κ2) is 2.37. The molecule has 9 aliphatic carbocycles. The van der Waals surface area contributed by atoms with Crippen LogP contribution in [-0.2, 0) is 9.59 Å². The molecule has 21 heavy (non-hydrogen) atoms. The van der Waals surface area contributed by atoms with Gasteiger partial charge < -0.3 is 0 Å². The smallest absolute Gasteiger partial charge is 0.144 e. The van der Waals surface area contributed by atoms with Crippen LogP contribution in [0.15, 0.2) is 0 Å². The van der Waals surface area contributed by atoms with Crippen molar-refractivity contribution in [2.24, 2.45) is 70.0 Å². The normalized spacial score (nSPS) is 79.0. The molecule has 2 nitrogen and oxygen atoms in total. The van der Waals surface area contributed by atoms with Gasteiger partial charge in [-0.3, -0.25) is 9.59 Å². The minimum absolute atomic E-state index is 0.0870. The zero-order valence-corrected chi connectivity index (χ0v) is 12.1. The van der Waals surface area contributed by atoms with E-state index in [2.05, 4.69) is 0 Å². The highest BCUT2D eigenvalue weighted by Gasteiger charge is 3.00. The monoisotopic (exact) mass is 280 g/mol. The molecule has 0 heterocycles. The van der Waals surface area contributed by atoms with Crippen LogP contribution in [0.1, 0.15) is 32.1 Å². The van der Waals surface area contributed by atoms with Gasteiger partial charge in [-0.15, -0.1) is 0 Å². The number of hydrogen-bond acceptors (Lipinski definition) is 2. The van der Waals surface area contributed by atoms with Gasteiger partial charge in [-0.1, -0.05) is 0 Å². The Balaban J connectivity index is 1.54. The second-order valence-corrected chi connectivity index (χ2v) is 9.83. The molecule has 0 amide bonds. The lowest BCUT2D eigenvalue weighted by Gasteiger charge is -2.79. The first kappa shape index (κ1) is 10.2. The lowest BCUT2D eigenvalue weighted by molar-refractivity contribution is -0.306. The molecule has 9 fully saturated rings. The SMILES string of the molecule is O=C1[C@@H]2[C@H]3C[C@H]4[C@@H]2C(=O)[C@]25[C@H]4[C@H]3[C@]12[C@@H]1CC[C@H]5[C@H]2CC[C@H]21. The molecule has 9 aliphatic rings. The van der Waals surface area contributed by atoms with E-state index >= 15 is 0 Å². The van der Waals surface area contributed by atoms with Crippen LogP contribution >= 0.6 is 0 Å². The summed E-state index contributed by atoms with van der Waals surface area (Å²) >= 11 is 0. The predicted octanol–water partition coefficient (Wildman–Crippen LogP) is 2.32. The van der Waals surface area contributed by atoms with Crippen molar-refractivity contribution < 1.29 is 9.59 Å². The van der Waals surface area contributed by atoms with Crippen LogP contribution in [0, 0.1) is 70.0 Å². The third-order valence-electron chi connectivity index (χ3n) is 10.7. The van der Waals surface area contributed by atoms with Crippen molar-refractivity contribution in [2.45, 2.75) is 32.1 Å². The van der Waals surface area contributed by atoms with Crippen LogP contribution in [0.3, 0.4) is 0 Å². The zero-order chi connectivity index (χ0) is 13.5. The molecule has 0 aliphatic heterocycles. The first-order valence-electron chi connectivity index (χ1n) is 9.34. The summed E-state index contributed by atoms with van der Waals surface area (Å²) in [5.41, 5.74) is -0.174. The average Bonchev–Trinajstić information content (AvgIpc) is 2.95. The van der Waals surface area contributed by atoms with Crippen molar-refractivity contribution in [2.75, 3.05) is 0 Å². The van der Waals surface area contributed by atoms with Crippen molar-refractivity contribution in [1.82, 2.24) is 0 Å². The Bertz CT molecular complexity index is 638. The molecule has 0 aromatic carbocycles. The Morgan fingerprint density at radius 1 is 0.667 bits per heavy atom. The van der Waals surface area contributed by atoms with Gasteiger partial charge in [0.2, 0.25) is 0 Å². The minimum Gasteiger partial charge on any atom is -0.299 e. The third-order valence-corrected chi connectivity index (χ3v) is 10.7. The van der Waals surface area contributed by atoms with Crippen LogP contribution in [-0.4, -0.2) is 11.6 Å². The number of Topliss-reactive ketones (excluding diaryl/α,β-unsaturated/α-hetero) is 2.